The third-order valence-corrected chi connectivity index (χ3v) is 1.78. The third-order valence-electron chi connectivity index (χ3n) is 1.78. The van der Waals surface area contributed by atoms with E-state index in [1.165, 1.54) is 18.4 Å². The van der Waals surface area contributed by atoms with Crippen LogP contribution >= 0.6 is 0 Å². The van der Waals surface area contributed by atoms with Crippen molar-refractivity contribution in [3.05, 3.63) is 11.8 Å². The Hall–Kier alpha value is -0.460. The van der Waals surface area contributed by atoms with Crippen molar-refractivity contribution in [2.45, 2.75) is 39.2 Å². The summed E-state index contributed by atoms with van der Waals surface area (Å²) >= 11 is 0. The first kappa shape index (κ1) is 6.66. The van der Waals surface area contributed by atoms with E-state index in [0.717, 1.165) is 6.42 Å². The number of rotatable bonds is 1. The van der Waals surface area contributed by atoms with Crippen LogP contribution in [0.2, 0.25) is 0 Å². The van der Waals surface area contributed by atoms with Gasteiger partial charge in [0.2, 0.25) is 0 Å². The van der Waals surface area contributed by atoms with Gasteiger partial charge in [-0.2, -0.15) is 0 Å². The van der Waals surface area contributed by atoms with Crippen LogP contribution < -0.4 is 0 Å². The van der Waals surface area contributed by atoms with Gasteiger partial charge in [-0.05, 0) is 31.8 Å². The van der Waals surface area contributed by atoms with Gasteiger partial charge < -0.3 is 4.74 Å². The van der Waals surface area contributed by atoms with E-state index in [0.29, 0.717) is 6.10 Å². The SMILES string of the molecule is CCC1CCC(C)=CO1. The van der Waals surface area contributed by atoms with Crippen LogP contribution in [0, 0.1) is 0 Å². The molecule has 1 aliphatic heterocycles. The minimum atomic E-state index is 0.494. The lowest BCUT2D eigenvalue weighted by molar-refractivity contribution is 0.116. The summed E-state index contributed by atoms with van der Waals surface area (Å²) in [6, 6.07) is 0. The van der Waals surface area contributed by atoms with Gasteiger partial charge in [0.1, 0.15) is 0 Å². The molecular weight excluding hydrogens is 112 g/mol. The molecule has 0 aliphatic carbocycles. The van der Waals surface area contributed by atoms with Crippen molar-refractivity contribution in [1.82, 2.24) is 0 Å². The van der Waals surface area contributed by atoms with Crippen molar-refractivity contribution in [3.8, 4) is 0 Å². The summed E-state index contributed by atoms with van der Waals surface area (Å²) in [5.41, 5.74) is 1.37. The fraction of sp³-hybridized carbons (Fsp3) is 0.750. The average molecular weight is 126 g/mol. The molecule has 0 radical (unpaired) electrons. The molecule has 0 bridgehead atoms. The zero-order chi connectivity index (χ0) is 6.69. The minimum absolute atomic E-state index is 0.494. The van der Waals surface area contributed by atoms with E-state index in [9.17, 15) is 0 Å². The number of ether oxygens (including phenoxy) is 1. The second-order valence-electron chi connectivity index (χ2n) is 2.67. The molecule has 52 valence electrons. The van der Waals surface area contributed by atoms with Crippen LogP contribution in [-0.4, -0.2) is 6.10 Å². The second kappa shape index (κ2) is 2.90. The van der Waals surface area contributed by atoms with Crippen molar-refractivity contribution in [1.29, 1.82) is 0 Å². The van der Waals surface area contributed by atoms with Crippen LogP contribution in [0.1, 0.15) is 33.1 Å². The van der Waals surface area contributed by atoms with Crippen LogP contribution in [0.4, 0.5) is 0 Å². The van der Waals surface area contributed by atoms with Gasteiger partial charge in [-0.1, -0.05) is 6.92 Å². The van der Waals surface area contributed by atoms with Crippen LogP contribution in [0.3, 0.4) is 0 Å². The molecular formula is C8H14O. The molecule has 0 saturated heterocycles. The van der Waals surface area contributed by atoms with Gasteiger partial charge in [-0.15, -0.1) is 0 Å². The molecule has 1 aliphatic rings. The van der Waals surface area contributed by atoms with E-state index in [-0.39, 0.29) is 0 Å². The van der Waals surface area contributed by atoms with E-state index in [4.69, 9.17) is 4.74 Å². The summed E-state index contributed by atoms with van der Waals surface area (Å²) in [5.74, 6) is 0. The summed E-state index contributed by atoms with van der Waals surface area (Å²) in [7, 11) is 0. The van der Waals surface area contributed by atoms with E-state index in [1.54, 1.807) is 0 Å². The molecule has 1 unspecified atom stereocenters. The predicted octanol–water partition coefficient (Wildman–Crippen LogP) is 2.48. The number of hydrogen-bond donors (Lipinski definition) is 0. The summed E-state index contributed by atoms with van der Waals surface area (Å²) < 4.78 is 5.38. The molecule has 1 heteroatoms. The molecule has 0 N–H and O–H groups in total. The highest BCUT2D eigenvalue weighted by molar-refractivity contribution is 4.96. The van der Waals surface area contributed by atoms with Crippen LogP contribution in [0.25, 0.3) is 0 Å². The maximum absolute atomic E-state index is 5.38. The summed E-state index contributed by atoms with van der Waals surface area (Å²) in [6.07, 6.45) is 5.97. The van der Waals surface area contributed by atoms with Gasteiger partial charge in [-0.25, -0.2) is 0 Å². The molecule has 1 atom stereocenters. The molecule has 0 aromatic rings. The van der Waals surface area contributed by atoms with Gasteiger partial charge in [0.05, 0.1) is 12.4 Å². The topological polar surface area (TPSA) is 9.23 Å². The first-order valence-electron chi connectivity index (χ1n) is 3.64. The Morgan fingerprint density at radius 2 is 2.56 bits per heavy atom. The lowest BCUT2D eigenvalue weighted by Gasteiger charge is -2.19. The second-order valence-corrected chi connectivity index (χ2v) is 2.67. The van der Waals surface area contributed by atoms with E-state index in [1.807, 2.05) is 6.26 Å². The Kier molecular flexibility index (Phi) is 2.15. The fourth-order valence-corrected chi connectivity index (χ4v) is 1.03. The smallest absolute Gasteiger partial charge is 0.0978 e. The lowest BCUT2D eigenvalue weighted by atomic mass is 10.1. The fourth-order valence-electron chi connectivity index (χ4n) is 1.03. The molecule has 1 rings (SSSR count). The van der Waals surface area contributed by atoms with Crippen molar-refractivity contribution in [2.24, 2.45) is 0 Å². The molecule has 1 nitrogen and oxygen atoms in total. The van der Waals surface area contributed by atoms with Crippen molar-refractivity contribution < 1.29 is 4.74 Å². The third kappa shape index (κ3) is 1.74. The lowest BCUT2D eigenvalue weighted by Crippen LogP contribution is -2.12. The predicted molar refractivity (Wildman–Crippen MR) is 38.2 cm³/mol. The average Bonchev–Trinajstić information content (AvgIpc) is 1.90. The highest BCUT2D eigenvalue weighted by Gasteiger charge is 2.09. The normalized spacial score (nSPS) is 26.9. The van der Waals surface area contributed by atoms with Crippen LogP contribution in [0.15, 0.2) is 11.8 Å². The maximum Gasteiger partial charge on any atom is 0.0978 e. The Bertz CT molecular complexity index is 116. The van der Waals surface area contributed by atoms with Gasteiger partial charge in [-0.3, -0.25) is 0 Å². The molecule has 0 amide bonds. The van der Waals surface area contributed by atoms with Crippen molar-refractivity contribution in [2.75, 3.05) is 0 Å². The van der Waals surface area contributed by atoms with E-state index in [2.05, 4.69) is 13.8 Å². The first-order chi connectivity index (χ1) is 4.33. The molecule has 0 saturated carbocycles. The van der Waals surface area contributed by atoms with Crippen molar-refractivity contribution >= 4 is 0 Å². The number of allylic oxidation sites excluding steroid dienone is 1. The zero-order valence-corrected chi connectivity index (χ0v) is 6.18. The quantitative estimate of drug-likeness (QED) is 0.524. The van der Waals surface area contributed by atoms with Gasteiger partial charge >= 0.3 is 0 Å². The Morgan fingerprint density at radius 1 is 1.78 bits per heavy atom. The zero-order valence-electron chi connectivity index (χ0n) is 6.18. The largest absolute Gasteiger partial charge is 0.498 e. The monoisotopic (exact) mass is 126 g/mol. The van der Waals surface area contributed by atoms with E-state index < -0.39 is 0 Å². The highest BCUT2D eigenvalue weighted by Crippen LogP contribution is 2.18. The Morgan fingerprint density at radius 3 is 3.00 bits per heavy atom. The van der Waals surface area contributed by atoms with Crippen LogP contribution in [0.5, 0.6) is 0 Å². The summed E-state index contributed by atoms with van der Waals surface area (Å²) in [4.78, 5) is 0. The maximum atomic E-state index is 5.38. The molecule has 9 heavy (non-hydrogen) atoms. The van der Waals surface area contributed by atoms with Crippen molar-refractivity contribution in [3.63, 3.8) is 0 Å². The van der Waals surface area contributed by atoms with Crippen LogP contribution in [-0.2, 0) is 4.74 Å². The standard InChI is InChI=1S/C8H14O/c1-3-8-5-4-7(2)6-9-8/h6,8H,3-5H2,1-2H3. The highest BCUT2D eigenvalue weighted by atomic mass is 16.5. The molecule has 0 fully saturated rings. The molecule has 0 aromatic heterocycles. The Balaban J connectivity index is 2.36. The molecule has 0 spiro atoms. The first-order valence-corrected chi connectivity index (χ1v) is 3.64. The summed E-state index contributed by atoms with van der Waals surface area (Å²) in [6.45, 7) is 4.28. The number of hydrogen-bond acceptors (Lipinski definition) is 1. The van der Waals surface area contributed by atoms with E-state index >= 15 is 0 Å². The Labute approximate surface area is 56.7 Å². The van der Waals surface area contributed by atoms with Gasteiger partial charge in [0.25, 0.3) is 0 Å². The molecule has 0 aromatic carbocycles. The minimum Gasteiger partial charge on any atom is -0.498 e. The van der Waals surface area contributed by atoms with Gasteiger partial charge in [0, 0.05) is 0 Å². The summed E-state index contributed by atoms with van der Waals surface area (Å²) in [5, 5.41) is 0. The van der Waals surface area contributed by atoms with Gasteiger partial charge in [0.15, 0.2) is 0 Å². The molecule has 1 heterocycles.